The lowest BCUT2D eigenvalue weighted by molar-refractivity contribution is -0.120. The predicted octanol–water partition coefficient (Wildman–Crippen LogP) is 4.71. The molecule has 7 nitrogen and oxygen atoms in total. The Labute approximate surface area is 212 Å². The molecule has 3 aromatic rings. The molecule has 0 radical (unpaired) electrons. The lowest BCUT2D eigenvalue weighted by atomic mass is 9.98. The number of aryl methyl sites for hydroxylation is 1. The molecule has 2 N–H and O–H groups in total. The van der Waals surface area contributed by atoms with Crippen LogP contribution in [0.1, 0.15) is 75.0 Å². The van der Waals surface area contributed by atoms with Crippen LogP contribution in [0.4, 0.5) is 0 Å². The molecule has 36 heavy (non-hydrogen) atoms. The second kappa shape index (κ2) is 10.8. The van der Waals surface area contributed by atoms with Crippen LogP contribution in [0, 0.1) is 5.92 Å². The summed E-state index contributed by atoms with van der Waals surface area (Å²) in [6.45, 7) is 6.13. The van der Waals surface area contributed by atoms with E-state index < -0.39 is 15.9 Å². The van der Waals surface area contributed by atoms with Crippen molar-refractivity contribution in [3.63, 3.8) is 0 Å². The van der Waals surface area contributed by atoms with E-state index in [2.05, 4.69) is 16.6 Å². The highest BCUT2D eigenvalue weighted by atomic mass is 32.2. The SMILES string of the molecule is CCCCc1nc(C(C)C)[nH]c(=O)c1Cc1ccc(-c2ccccc2S(=O)(=O)NC(=O)C2CC2)cc1. The quantitative estimate of drug-likeness (QED) is 0.413. The van der Waals surface area contributed by atoms with Gasteiger partial charge in [-0.25, -0.2) is 18.1 Å². The third-order valence-corrected chi connectivity index (χ3v) is 7.84. The Morgan fingerprint density at radius 1 is 1.11 bits per heavy atom. The number of unbranched alkanes of at least 4 members (excludes halogenated alkanes) is 1. The number of carbonyl (C=O) groups excluding carboxylic acids is 1. The van der Waals surface area contributed by atoms with Crippen molar-refractivity contribution in [1.82, 2.24) is 14.7 Å². The lowest BCUT2D eigenvalue weighted by Gasteiger charge is -2.13. The number of nitrogens with one attached hydrogen (secondary N) is 2. The van der Waals surface area contributed by atoms with Crippen molar-refractivity contribution in [3.8, 4) is 11.1 Å². The maximum absolute atomic E-state index is 12.9. The molecule has 1 amide bonds. The fourth-order valence-electron chi connectivity index (χ4n) is 4.13. The molecule has 1 fully saturated rings. The van der Waals surface area contributed by atoms with Crippen molar-refractivity contribution in [2.75, 3.05) is 0 Å². The molecule has 0 saturated heterocycles. The summed E-state index contributed by atoms with van der Waals surface area (Å²) < 4.78 is 28.1. The van der Waals surface area contributed by atoms with E-state index in [9.17, 15) is 18.0 Å². The number of carbonyl (C=O) groups is 1. The minimum absolute atomic E-state index is 0.0681. The van der Waals surface area contributed by atoms with E-state index in [0.29, 0.717) is 28.9 Å². The average molecular weight is 508 g/mol. The fraction of sp³-hybridized carbons (Fsp3) is 0.393. The molecule has 1 heterocycles. The van der Waals surface area contributed by atoms with Gasteiger partial charge < -0.3 is 4.98 Å². The molecule has 1 aliphatic rings. The van der Waals surface area contributed by atoms with Crippen molar-refractivity contribution < 1.29 is 13.2 Å². The minimum Gasteiger partial charge on any atom is -0.310 e. The van der Waals surface area contributed by atoms with Gasteiger partial charge in [-0.05, 0) is 42.9 Å². The van der Waals surface area contributed by atoms with Crippen LogP contribution in [0.2, 0.25) is 0 Å². The number of H-pyrrole nitrogens is 1. The van der Waals surface area contributed by atoms with Gasteiger partial charge in [0.15, 0.2) is 0 Å². The minimum atomic E-state index is -3.99. The molecular weight excluding hydrogens is 474 g/mol. The Morgan fingerprint density at radius 3 is 2.44 bits per heavy atom. The van der Waals surface area contributed by atoms with Crippen molar-refractivity contribution in [1.29, 1.82) is 0 Å². The average Bonchev–Trinajstić information content (AvgIpc) is 3.70. The molecule has 0 atom stereocenters. The maximum atomic E-state index is 12.9. The Bertz CT molecular complexity index is 1410. The largest absolute Gasteiger partial charge is 0.310 e. The van der Waals surface area contributed by atoms with Crippen LogP contribution in [-0.4, -0.2) is 24.3 Å². The lowest BCUT2D eigenvalue weighted by Crippen LogP contribution is -2.32. The van der Waals surface area contributed by atoms with Gasteiger partial charge in [-0.3, -0.25) is 9.59 Å². The summed E-state index contributed by atoms with van der Waals surface area (Å²) in [6, 6.07) is 14.2. The van der Waals surface area contributed by atoms with Gasteiger partial charge in [-0.15, -0.1) is 0 Å². The Kier molecular flexibility index (Phi) is 7.73. The molecule has 1 aliphatic carbocycles. The van der Waals surface area contributed by atoms with Crippen LogP contribution in [0.3, 0.4) is 0 Å². The molecular formula is C28H33N3O4S. The summed E-state index contributed by atoms with van der Waals surface area (Å²) in [6.07, 6.45) is 4.63. The molecule has 1 saturated carbocycles. The predicted molar refractivity (Wildman–Crippen MR) is 140 cm³/mol. The molecule has 4 rings (SSSR count). The third-order valence-electron chi connectivity index (χ3n) is 6.44. The van der Waals surface area contributed by atoms with E-state index >= 15 is 0 Å². The number of aromatic amines is 1. The Hall–Kier alpha value is -3.26. The van der Waals surface area contributed by atoms with Gasteiger partial charge in [0.2, 0.25) is 5.91 Å². The summed E-state index contributed by atoms with van der Waals surface area (Å²) in [4.78, 5) is 32.8. The standard InChI is InChI=1S/C28H33N3O4S/c1-4-5-9-24-23(28(33)30-26(29-24)18(2)3)17-19-11-13-20(14-12-19)22-8-6-7-10-25(22)36(34,35)31-27(32)21-15-16-21/h6-8,10-14,18,21H,4-5,9,15-17H2,1-3H3,(H,31,32)(H,29,30,33). The number of hydrogen-bond acceptors (Lipinski definition) is 5. The van der Waals surface area contributed by atoms with Gasteiger partial charge >= 0.3 is 0 Å². The van der Waals surface area contributed by atoms with Gasteiger partial charge in [0.05, 0.1) is 10.6 Å². The van der Waals surface area contributed by atoms with Crippen molar-refractivity contribution in [3.05, 3.63) is 81.5 Å². The highest BCUT2D eigenvalue weighted by Crippen LogP contribution is 2.31. The van der Waals surface area contributed by atoms with E-state index in [0.717, 1.165) is 43.4 Å². The zero-order valence-electron chi connectivity index (χ0n) is 21.0. The van der Waals surface area contributed by atoms with Gasteiger partial charge in [0, 0.05) is 29.4 Å². The van der Waals surface area contributed by atoms with E-state index in [-0.39, 0.29) is 22.3 Å². The monoisotopic (exact) mass is 507 g/mol. The molecule has 0 aliphatic heterocycles. The number of sulfonamides is 1. The number of benzene rings is 2. The van der Waals surface area contributed by atoms with E-state index in [1.54, 1.807) is 18.2 Å². The molecule has 190 valence electrons. The van der Waals surface area contributed by atoms with Crippen molar-refractivity contribution in [2.24, 2.45) is 5.92 Å². The summed E-state index contributed by atoms with van der Waals surface area (Å²) in [7, 11) is -3.99. The smallest absolute Gasteiger partial charge is 0.264 e. The normalized spacial score (nSPS) is 13.7. The number of hydrogen-bond donors (Lipinski definition) is 2. The highest BCUT2D eigenvalue weighted by Gasteiger charge is 2.33. The summed E-state index contributed by atoms with van der Waals surface area (Å²) in [5, 5.41) is 0. The van der Waals surface area contributed by atoms with Crippen LogP contribution in [0.15, 0.2) is 58.2 Å². The van der Waals surface area contributed by atoms with Crippen molar-refractivity contribution >= 4 is 15.9 Å². The summed E-state index contributed by atoms with van der Waals surface area (Å²) >= 11 is 0. The molecule has 0 unspecified atom stereocenters. The van der Waals surface area contributed by atoms with Gasteiger partial charge in [0.25, 0.3) is 15.6 Å². The number of nitrogens with zero attached hydrogens (tertiary/aromatic N) is 1. The zero-order valence-corrected chi connectivity index (χ0v) is 21.8. The maximum Gasteiger partial charge on any atom is 0.264 e. The fourth-order valence-corrected chi connectivity index (χ4v) is 5.41. The first kappa shape index (κ1) is 25.8. The Morgan fingerprint density at radius 2 is 1.81 bits per heavy atom. The third kappa shape index (κ3) is 5.93. The molecule has 1 aromatic heterocycles. The van der Waals surface area contributed by atoms with Crippen LogP contribution in [-0.2, 0) is 27.7 Å². The summed E-state index contributed by atoms with van der Waals surface area (Å²) in [5.41, 5.74) is 3.58. The van der Waals surface area contributed by atoms with Crippen LogP contribution in [0.5, 0.6) is 0 Å². The van der Waals surface area contributed by atoms with Crippen LogP contribution >= 0.6 is 0 Å². The van der Waals surface area contributed by atoms with Crippen molar-refractivity contribution in [2.45, 2.75) is 70.1 Å². The van der Waals surface area contributed by atoms with Gasteiger partial charge in [-0.2, -0.15) is 0 Å². The highest BCUT2D eigenvalue weighted by molar-refractivity contribution is 7.90. The second-order valence-corrected chi connectivity index (χ2v) is 11.4. The number of aromatic nitrogens is 2. The topological polar surface area (TPSA) is 109 Å². The van der Waals surface area contributed by atoms with Crippen LogP contribution < -0.4 is 10.3 Å². The van der Waals surface area contributed by atoms with E-state index in [1.807, 2.05) is 38.1 Å². The molecule has 0 bridgehead atoms. The second-order valence-electron chi connectivity index (χ2n) is 9.75. The van der Waals surface area contributed by atoms with E-state index in [1.165, 1.54) is 6.07 Å². The zero-order chi connectivity index (χ0) is 25.9. The molecule has 8 heteroatoms. The number of rotatable bonds is 10. The Balaban J connectivity index is 1.61. The number of amides is 1. The first-order chi connectivity index (χ1) is 17.2. The first-order valence-electron chi connectivity index (χ1n) is 12.6. The molecule has 0 spiro atoms. The van der Waals surface area contributed by atoms with Gasteiger partial charge in [-0.1, -0.05) is 69.7 Å². The summed E-state index contributed by atoms with van der Waals surface area (Å²) in [5.74, 6) is 0.190. The van der Waals surface area contributed by atoms with Gasteiger partial charge in [0.1, 0.15) is 5.82 Å². The first-order valence-corrected chi connectivity index (χ1v) is 14.0. The molecule has 2 aromatic carbocycles. The van der Waals surface area contributed by atoms with Crippen LogP contribution in [0.25, 0.3) is 11.1 Å². The van der Waals surface area contributed by atoms with E-state index in [4.69, 9.17) is 4.98 Å².